The normalized spacial score (nSPS) is 24.3. The first-order valence-electron chi connectivity index (χ1n) is 13.4. The number of carbonyl (C=O) groups is 3. The molecule has 8 rings (SSSR count). The number of imide groups is 1. The molecule has 1 N–H and O–H groups in total. The Bertz CT molecular complexity index is 1660. The Kier molecular flexibility index (Phi) is 4.99. The molecular formula is C34H28N2O3. The molecule has 39 heavy (non-hydrogen) atoms. The first kappa shape index (κ1) is 23.6. The van der Waals surface area contributed by atoms with Gasteiger partial charge in [-0.3, -0.25) is 14.4 Å². The molecule has 0 saturated carbocycles. The summed E-state index contributed by atoms with van der Waals surface area (Å²) in [5.74, 6) is -1.43. The topological polar surface area (TPSA) is 66.5 Å². The standard InChI is InChI=1S/C34H28N2O3/c1-19-9-8-14-27(20(19)2)35-31(37)21-15-17-22(18-16-21)36-32(38)30-28-23-10-4-6-12-25(23)29(34(30,3)33(36)39)26-13-7-5-11-24(26)28/h4-18,28-30H,1-3H3,(H,35,37)/t28?,29?,30-,34+/m0/s1. The average molecular weight is 513 g/mol. The molecule has 1 aliphatic heterocycles. The summed E-state index contributed by atoms with van der Waals surface area (Å²) in [6.45, 7) is 5.95. The molecule has 4 aromatic carbocycles. The molecule has 1 fully saturated rings. The zero-order chi connectivity index (χ0) is 27.1. The van der Waals surface area contributed by atoms with E-state index in [9.17, 15) is 14.4 Å². The monoisotopic (exact) mass is 512 g/mol. The molecule has 0 spiro atoms. The first-order chi connectivity index (χ1) is 18.8. The van der Waals surface area contributed by atoms with E-state index in [4.69, 9.17) is 0 Å². The van der Waals surface area contributed by atoms with Crippen LogP contribution in [0.15, 0.2) is 91.0 Å². The summed E-state index contributed by atoms with van der Waals surface area (Å²) in [5.41, 5.74) is 7.52. The highest BCUT2D eigenvalue weighted by Gasteiger charge is 2.68. The van der Waals surface area contributed by atoms with Gasteiger partial charge in [-0.05, 0) is 84.5 Å². The van der Waals surface area contributed by atoms with E-state index in [1.807, 2.05) is 63.2 Å². The lowest BCUT2D eigenvalue weighted by atomic mass is 9.48. The molecule has 3 aliphatic carbocycles. The SMILES string of the molecule is Cc1cccc(NC(=O)c2ccc(N3C(=O)[C@@H]4C5c6ccccc6C(c6ccccc65)[C@@]4(C)C3=O)cc2)c1C. The molecule has 2 bridgehead atoms. The summed E-state index contributed by atoms with van der Waals surface area (Å²) in [6.07, 6.45) is 0. The average Bonchev–Trinajstić information content (AvgIpc) is 3.16. The van der Waals surface area contributed by atoms with Crippen molar-refractivity contribution in [2.45, 2.75) is 32.6 Å². The van der Waals surface area contributed by atoms with E-state index >= 15 is 0 Å². The molecule has 2 atom stereocenters. The molecule has 5 heteroatoms. The van der Waals surface area contributed by atoms with Crippen molar-refractivity contribution < 1.29 is 14.4 Å². The number of nitrogens with zero attached hydrogens (tertiary/aromatic N) is 1. The molecule has 0 unspecified atom stereocenters. The predicted octanol–water partition coefficient (Wildman–Crippen LogP) is 6.34. The molecule has 4 aromatic rings. The quantitative estimate of drug-likeness (QED) is 0.326. The van der Waals surface area contributed by atoms with Crippen LogP contribution >= 0.6 is 0 Å². The lowest BCUT2D eigenvalue weighted by Gasteiger charge is -2.51. The Morgan fingerprint density at radius 1 is 0.769 bits per heavy atom. The largest absolute Gasteiger partial charge is 0.322 e. The van der Waals surface area contributed by atoms with Gasteiger partial charge in [-0.1, -0.05) is 60.7 Å². The van der Waals surface area contributed by atoms with Gasteiger partial charge in [0.05, 0.1) is 17.0 Å². The Morgan fingerprint density at radius 3 is 1.97 bits per heavy atom. The number of hydrogen-bond donors (Lipinski definition) is 1. The second-order valence-corrected chi connectivity index (χ2v) is 11.2. The third kappa shape index (κ3) is 3.10. The minimum Gasteiger partial charge on any atom is -0.322 e. The summed E-state index contributed by atoms with van der Waals surface area (Å²) in [4.78, 5) is 42.7. The molecule has 1 saturated heterocycles. The fourth-order valence-electron chi connectivity index (χ4n) is 7.20. The van der Waals surface area contributed by atoms with Crippen molar-refractivity contribution in [3.8, 4) is 0 Å². The summed E-state index contributed by atoms with van der Waals surface area (Å²) < 4.78 is 0. The second kappa shape index (κ2) is 8.24. The van der Waals surface area contributed by atoms with Gasteiger partial charge in [0.25, 0.3) is 5.91 Å². The van der Waals surface area contributed by atoms with Crippen LogP contribution in [-0.2, 0) is 9.59 Å². The van der Waals surface area contributed by atoms with Crippen LogP contribution in [0.2, 0.25) is 0 Å². The molecule has 5 nitrogen and oxygen atoms in total. The number of carbonyl (C=O) groups excluding carboxylic acids is 3. The number of nitrogens with one attached hydrogen (secondary N) is 1. The van der Waals surface area contributed by atoms with Gasteiger partial charge < -0.3 is 5.32 Å². The van der Waals surface area contributed by atoms with Crippen LogP contribution in [0, 0.1) is 25.2 Å². The van der Waals surface area contributed by atoms with E-state index in [1.54, 1.807) is 24.3 Å². The predicted molar refractivity (Wildman–Crippen MR) is 151 cm³/mol. The minimum atomic E-state index is -0.886. The molecule has 1 heterocycles. The Morgan fingerprint density at radius 2 is 1.36 bits per heavy atom. The maximum Gasteiger partial charge on any atom is 0.255 e. The van der Waals surface area contributed by atoms with Crippen LogP contribution in [0.4, 0.5) is 11.4 Å². The third-order valence-electron chi connectivity index (χ3n) is 9.25. The maximum atomic E-state index is 14.2. The number of aryl methyl sites for hydroxylation is 1. The molecule has 192 valence electrons. The van der Waals surface area contributed by atoms with Crippen LogP contribution in [0.3, 0.4) is 0 Å². The minimum absolute atomic E-state index is 0.170. The summed E-state index contributed by atoms with van der Waals surface area (Å²) in [5, 5.41) is 2.97. The van der Waals surface area contributed by atoms with E-state index in [1.165, 1.54) is 4.90 Å². The Labute approximate surface area is 227 Å². The van der Waals surface area contributed by atoms with Gasteiger partial charge in [-0.2, -0.15) is 0 Å². The van der Waals surface area contributed by atoms with Crippen molar-refractivity contribution >= 4 is 29.1 Å². The maximum absolute atomic E-state index is 14.2. The van der Waals surface area contributed by atoms with Gasteiger partial charge in [0.15, 0.2) is 0 Å². The first-order valence-corrected chi connectivity index (χ1v) is 13.4. The fraction of sp³-hybridized carbons (Fsp3) is 0.206. The van der Waals surface area contributed by atoms with Crippen molar-refractivity contribution in [3.05, 3.63) is 130 Å². The van der Waals surface area contributed by atoms with Gasteiger partial charge in [-0.15, -0.1) is 0 Å². The van der Waals surface area contributed by atoms with Crippen LogP contribution in [0.5, 0.6) is 0 Å². The second-order valence-electron chi connectivity index (χ2n) is 11.2. The highest BCUT2D eigenvalue weighted by atomic mass is 16.2. The number of benzene rings is 4. The van der Waals surface area contributed by atoms with E-state index in [2.05, 4.69) is 29.6 Å². The number of rotatable bonds is 3. The van der Waals surface area contributed by atoms with Gasteiger partial charge in [0.2, 0.25) is 11.8 Å². The zero-order valence-corrected chi connectivity index (χ0v) is 22.1. The van der Waals surface area contributed by atoms with Crippen LogP contribution < -0.4 is 10.2 Å². The molecular weight excluding hydrogens is 484 g/mol. The van der Waals surface area contributed by atoms with Crippen LogP contribution in [0.25, 0.3) is 0 Å². The van der Waals surface area contributed by atoms with Gasteiger partial charge >= 0.3 is 0 Å². The Hall–Kier alpha value is -4.51. The number of hydrogen-bond acceptors (Lipinski definition) is 3. The summed E-state index contributed by atoms with van der Waals surface area (Å²) in [7, 11) is 0. The molecule has 3 amide bonds. The molecule has 4 aliphatic rings. The third-order valence-corrected chi connectivity index (χ3v) is 9.25. The molecule has 0 radical (unpaired) electrons. The van der Waals surface area contributed by atoms with E-state index < -0.39 is 11.3 Å². The van der Waals surface area contributed by atoms with Crippen molar-refractivity contribution in [2.75, 3.05) is 10.2 Å². The smallest absolute Gasteiger partial charge is 0.255 e. The fourth-order valence-corrected chi connectivity index (χ4v) is 7.20. The Balaban J connectivity index is 1.24. The number of amides is 3. The van der Waals surface area contributed by atoms with Crippen molar-refractivity contribution in [1.29, 1.82) is 0 Å². The van der Waals surface area contributed by atoms with Crippen molar-refractivity contribution in [3.63, 3.8) is 0 Å². The lowest BCUT2D eigenvalue weighted by molar-refractivity contribution is -0.128. The highest BCUT2D eigenvalue weighted by molar-refractivity contribution is 6.25. The summed E-state index contributed by atoms with van der Waals surface area (Å²) in [6, 6.07) is 29.0. The number of anilines is 2. The van der Waals surface area contributed by atoms with Gasteiger partial charge in [-0.25, -0.2) is 4.90 Å². The van der Waals surface area contributed by atoms with E-state index in [0.29, 0.717) is 11.3 Å². The summed E-state index contributed by atoms with van der Waals surface area (Å²) >= 11 is 0. The van der Waals surface area contributed by atoms with Gasteiger partial charge in [0, 0.05) is 23.1 Å². The highest BCUT2D eigenvalue weighted by Crippen LogP contribution is 2.67. The van der Waals surface area contributed by atoms with E-state index in [0.717, 1.165) is 39.1 Å². The van der Waals surface area contributed by atoms with Crippen molar-refractivity contribution in [2.24, 2.45) is 11.3 Å². The zero-order valence-electron chi connectivity index (χ0n) is 22.1. The van der Waals surface area contributed by atoms with E-state index in [-0.39, 0.29) is 29.6 Å². The lowest BCUT2D eigenvalue weighted by Crippen LogP contribution is -2.49. The van der Waals surface area contributed by atoms with Crippen molar-refractivity contribution in [1.82, 2.24) is 0 Å². The van der Waals surface area contributed by atoms with Gasteiger partial charge in [0.1, 0.15) is 0 Å². The van der Waals surface area contributed by atoms with Crippen LogP contribution in [0.1, 0.15) is 62.5 Å². The molecule has 0 aromatic heterocycles. The van der Waals surface area contributed by atoms with Crippen LogP contribution in [-0.4, -0.2) is 17.7 Å².